The number of hydrogen-bond acceptors (Lipinski definition) is 3. The number of nitrogens with zero attached hydrogens (tertiary/aromatic N) is 1. The fourth-order valence-electron chi connectivity index (χ4n) is 0.718. The second-order valence-electron chi connectivity index (χ2n) is 2.61. The minimum absolute atomic E-state index is 0.0297. The molecule has 13 heavy (non-hydrogen) atoms. The minimum atomic E-state index is -0.879. The van der Waals surface area contributed by atoms with E-state index in [4.69, 9.17) is 5.11 Å². The van der Waals surface area contributed by atoms with Gasteiger partial charge in [-0.05, 0) is 7.05 Å². The van der Waals surface area contributed by atoms with Gasteiger partial charge in [-0.3, -0.25) is 14.5 Å². The van der Waals surface area contributed by atoms with Crippen LogP contribution in [0.2, 0.25) is 0 Å². The lowest BCUT2D eigenvalue weighted by molar-refractivity contribution is -0.137. The van der Waals surface area contributed by atoms with E-state index in [1.54, 1.807) is 18.0 Å². The number of carbonyl (C=O) groups is 2. The first-order valence-electron chi connectivity index (χ1n) is 3.85. The lowest BCUT2D eigenvalue weighted by atomic mass is 10.4. The number of carbonyl (C=O) groups excluding carboxylic acids is 1. The van der Waals surface area contributed by atoms with Gasteiger partial charge in [-0.15, -0.1) is 0 Å². The summed E-state index contributed by atoms with van der Waals surface area (Å²) in [6, 6.07) is 0. The van der Waals surface area contributed by atoms with Crippen LogP contribution in [0.15, 0.2) is 12.2 Å². The fourth-order valence-corrected chi connectivity index (χ4v) is 0.718. The van der Waals surface area contributed by atoms with Crippen molar-refractivity contribution in [3.63, 3.8) is 0 Å². The van der Waals surface area contributed by atoms with Crippen LogP contribution in [0, 0.1) is 0 Å². The largest absolute Gasteiger partial charge is 0.480 e. The van der Waals surface area contributed by atoms with Crippen LogP contribution >= 0.6 is 0 Å². The summed E-state index contributed by atoms with van der Waals surface area (Å²) in [5, 5.41) is 10.8. The molecule has 0 bridgehead atoms. The highest BCUT2D eigenvalue weighted by Gasteiger charge is 2.00. The summed E-state index contributed by atoms with van der Waals surface area (Å²) in [7, 11) is 3.20. The van der Waals surface area contributed by atoms with Crippen LogP contribution in [-0.4, -0.2) is 49.1 Å². The summed E-state index contributed by atoms with van der Waals surface area (Å²) in [4.78, 5) is 22.5. The third-order valence-electron chi connectivity index (χ3n) is 1.34. The van der Waals surface area contributed by atoms with E-state index in [0.29, 0.717) is 6.54 Å². The van der Waals surface area contributed by atoms with E-state index in [1.165, 1.54) is 13.1 Å². The first-order chi connectivity index (χ1) is 6.06. The number of carboxylic acids is 1. The number of amides is 1. The van der Waals surface area contributed by atoms with E-state index < -0.39 is 5.97 Å². The Morgan fingerprint density at radius 2 is 2.15 bits per heavy atom. The average Bonchev–Trinajstić information content (AvgIpc) is 2.02. The Labute approximate surface area is 77.0 Å². The van der Waals surface area contributed by atoms with Gasteiger partial charge < -0.3 is 10.4 Å². The lowest BCUT2D eigenvalue weighted by Crippen LogP contribution is -2.26. The maximum Gasteiger partial charge on any atom is 0.317 e. The van der Waals surface area contributed by atoms with Gasteiger partial charge in [0, 0.05) is 19.7 Å². The molecule has 74 valence electrons. The van der Waals surface area contributed by atoms with Gasteiger partial charge in [-0.2, -0.15) is 0 Å². The Kier molecular flexibility index (Phi) is 5.54. The SMILES string of the molecule is CNC(=O)/C=C/CN(C)CC(=O)O. The van der Waals surface area contributed by atoms with Gasteiger partial charge in [0.2, 0.25) is 5.91 Å². The highest BCUT2D eigenvalue weighted by atomic mass is 16.4. The van der Waals surface area contributed by atoms with Crippen molar-refractivity contribution >= 4 is 11.9 Å². The summed E-state index contributed by atoms with van der Waals surface area (Å²) >= 11 is 0. The zero-order chi connectivity index (χ0) is 10.3. The van der Waals surface area contributed by atoms with Crippen molar-refractivity contribution in [2.75, 3.05) is 27.2 Å². The molecule has 5 heteroatoms. The van der Waals surface area contributed by atoms with E-state index in [-0.39, 0.29) is 12.5 Å². The molecule has 0 aromatic rings. The van der Waals surface area contributed by atoms with E-state index in [9.17, 15) is 9.59 Å². The Hall–Kier alpha value is -1.36. The summed E-state index contributed by atoms with van der Waals surface area (Å²) in [6.45, 7) is 0.414. The number of likely N-dealkylation sites (N-methyl/N-ethyl adjacent to an activating group) is 2. The van der Waals surface area contributed by atoms with E-state index in [1.807, 2.05) is 0 Å². The van der Waals surface area contributed by atoms with Gasteiger partial charge in [0.1, 0.15) is 0 Å². The van der Waals surface area contributed by atoms with Crippen LogP contribution in [0.1, 0.15) is 0 Å². The number of carboxylic acid groups (broad SMARTS) is 1. The molecule has 0 aliphatic heterocycles. The molecular formula is C8H14N2O3. The highest BCUT2D eigenvalue weighted by molar-refractivity contribution is 5.87. The molecule has 0 atom stereocenters. The summed E-state index contributed by atoms with van der Waals surface area (Å²) in [5.74, 6) is -1.07. The molecule has 2 N–H and O–H groups in total. The second kappa shape index (κ2) is 6.19. The summed E-state index contributed by atoms with van der Waals surface area (Å²) in [5.41, 5.74) is 0. The Balaban J connectivity index is 3.68. The molecule has 0 aliphatic carbocycles. The third kappa shape index (κ3) is 7.02. The smallest absolute Gasteiger partial charge is 0.317 e. The molecule has 5 nitrogen and oxygen atoms in total. The van der Waals surface area contributed by atoms with Gasteiger partial charge >= 0.3 is 5.97 Å². The quantitative estimate of drug-likeness (QED) is 0.557. The van der Waals surface area contributed by atoms with Crippen LogP contribution in [0.4, 0.5) is 0 Å². The molecule has 0 saturated carbocycles. The Bertz CT molecular complexity index is 213. The molecule has 0 aromatic heterocycles. The van der Waals surface area contributed by atoms with Crippen molar-refractivity contribution in [1.29, 1.82) is 0 Å². The second-order valence-corrected chi connectivity index (χ2v) is 2.61. The van der Waals surface area contributed by atoms with Crippen molar-refractivity contribution in [3.8, 4) is 0 Å². The molecule has 0 spiro atoms. The summed E-state index contributed by atoms with van der Waals surface area (Å²) < 4.78 is 0. The molecular weight excluding hydrogens is 172 g/mol. The maximum absolute atomic E-state index is 10.7. The van der Waals surface area contributed by atoms with Gasteiger partial charge in [0.25, 0.3) is 0 Å². The monoisotopic (exact) mass is 186 g/mol. The van der Waals surface area contributed by atoms with Gasteiger partial charge in [0.15, 0.2) is 0 Å². The number of rotatable bonds is 5. The standard InChI is InChI=1S/C8H14N2O3/c1-9-7(11)4-3-5-10(2)6-8(12)13/h3-4H,5-6H2,1-2H3,(H,9,11)(H,12,13)/b4-3+. The predicted molar refractivity (Wildman–Crippen MR) is 48.3 cm³/mol. The van der Waals surface area contributed by atoms with E-state index >= 15 is 0 Å². The Morgan fingerprint density at radius 1 is 1.54 bits per heavy atom. The van der Waals surface area contributed by atoms with Crippen molar-refractivity contribution in [2.24, 2.45) is 0 Å². The molecule has 0 aliphatic rings. The van der Waals surface area contributed by atoms with Crippen molar-refractivity contribution in [2.45, 2.75) is 0 Å². The maximum atomic E-state index is 10.7. The van der Waals surface area contributed by atoms with Crippen LogP contribution < -0.4 is 5.32 Å². The molecule has 1 amide bonds. The molecule has 0 radical (unpaired) electrons. The first kappa shape index (κ1) is 11.6. The fraction of sp³-hybridized carbons (Fsp3) is 0.500. The van der Waals surface area contributed by atoms with Gasteiger partial charge in [0.05, 0.1) is 6.54 Å². The molecule has 0 rings (SSSR count). The predicted octanol–water partition coefficient (Wildman–Crippen LogP) is -0.695. The highest BCUT2D eigenvalue weighted by Crippen LogP contribution is 1.83. The first-order valence-corrected chi connectivity index (χ1v) is 3.85. The molecule has 0 aromatic carbocycles. The number of aliphatic carboxylic acids is 1. The topological polar surface area (TPSA) is 69.6 Å². The molecule has 0 fully saturated rings. The third-order valence-corrected chi connectivity index (χ3v) is 1.34. The minimum Gasteiger partial charge on any atom is -0.480 e. The number of nitrogens with one attached hydrogen (secondary N) is 1. The number of hydrogen-bond donors (Lipinski definition) is 2. The van der Waals surface area contributed by atoms with Crippen LogP contribution in [0.5, 0.6) is 0 Å². The van der Waals surface area contributed by atoms with Crippen LogP contribution in [-0.2, 0) is 9.59 Å². The van der Waals surface area contributed by atoms with Crippen LogP contribution in [0.25, 0.3) is 0 Å². The zero-order valence-corrected chi connectivity index (χ0v) is 7.78. The van der Waals surface area contributed by atoms with Crippen molar-refractivity contribution < 1.29 is 14.7 Å². The van der Waals surface area contributed by atoms with Crippen molar-refractivity contribution in [1.82, 2.24) is 10.2 Å². The molecule has 0 unspecified atom stereocenters. The molecule has 0 heterocycles. The average molecular weight is 186 g/mol. The normalized spacial score (nSPS) is 10.7. The lowest BCUT2D eigenvalue weighted by Gasteiger charge is -2.09. The molecule has 0 saturated heterocycles. The van der Waals surface area contributed by atoms with Crippen LogP contribution in [0.3, 0.4) is 0 Å². The van der Waals surface area contributed by atoms with Gasteiger partial charge in [-0.1, -0.05) is 6.08 Å². The van der Waals surface area contributed by atoms with E-state index in [2.05, 4.69) is 5.32 Å². The summed E-state index contributed by atoms with van der Waals surface area (Å²) in [6.07, 6.45) is 2.99. The van der Waals surface area contributed by atoms with Crippen molar-refractivity contribution in [3.05, 3.63) is 12.2 Å². The zero-order valence-electron chi connectivity index (χ0n) is 7.78. The van der Waals surface area contributed by atoms with Gasteiger partial charge in [-0.25, -0.2) is 0 Å². The van der Waals surface area contributed by atoms with E-state index in [0.717, 1.165) is 0 Å². The Morgan fingerprint density at radius 3 is 2.62 bits per heavy atom.